The fourth-order valence-electron chi connectivity index (χ4n) is 3.49. The zero-order chi connectivity index (χ0) is 23.1. The van der Waals surface area contributed by atoms with Gasteiger partial charge in [0.15, 0.2) is 0 Å². The number of urea groups is 1. The van der Waals surface area contributed by atoms with E-state index in [4.69, 9.17) is 0 Å². The van der Waals surface area contributed by atoms with E-state index in [0.717, 1.165) is 16.8 Å². The third kappa shape index (κ3) is 6.74. The Hall–Kier alpha value is -3.02. The molecule has 2 aromatic carbocycles. The monoisotopic (exact) mass is 424 g/mol. The fourth-order valence-corrected chi connectivity index (χ4v) is 3.49. The van der Waals surface area contributed by atoms with Gasteiger partial charge < -0.3 is 20.4 Å². The predicted octanol–water partition coefficient (Wildman–Crippen LogP) is 5.03. The van der Waals surface area contributed by atoms with Crippen molar-refractivity contribution in [2.24, 2.45) is 5.92 Å². The molecule has 0 bridgehead atoms. The smallest absolute Gasteiger partial charge is 0.319 e. The minimum atomic E-state index is -0.244. The van der Waals surface area contributed by atoms with Crippen LogP contribution in [0.5, 0.6) is 0 Å². The topological polar surface area (TPSA) is 64.7 Å². The van der Waals surface area contributed by atoms with E-state index >= 15 is 0 Å². The molecule has 2 N–H and O–H groups in total. The maximum atomic E-state index is 13.2. The predicted molar refractivity (Wildman–Crippen MR) is 128 cm³/mol. The molecule has 6 nitrogen and oxygen atoms in total. The van der Waals surface area contributed by atoms with Crippen LogP contribution in [0.25, 0.3) is 0 Å². The van der Waals surface area contributed by atoms with Crippen molar-refractivity contribution in [2.75, 3.05) is 24.3 Å². The van der Waals surface area contributed by atoms with Gasteiger partial charge in [-0.1, -0.05) is 44.2 Å². The van der Waals surface area contributed by atoms with E-state index in [0.29, 0.717) is 12.2 Å². The van der Waals surface area contributed by atoms with Crippen molar-refractivity contribution in [2.45, 2.75) is 53.2 Å². The lowest BCUT2D eigenvalue weighted by Gasteiger charge is -2.33. The standard InChI is InChI=1S/C25H36N4O2/c1-17(2)24(30)29(19(5)20-11-9-8-10-12-20)16-21-15-22(13-14-23(21)28(6)7)27-25(31)26-18(3)4/h8-15,17-19H,16H2,1-7H3,(H2,26,27,31). The Morgan fingerprint density at radius 2 is 1.58 bits per heavy atom. The molecule has 3 amide bonds. The Bertz CT molecular complexity index is 878. The summed E-state index contributed by atoms with van der Waals surface area (Å²) in [7, 11) is 3.96. The summed E-state index contributed by atoms with van der Waals surface area (Å²) in [5.41, 5.74) is 3.78. The summed E-state index contributed by atoms with van der Waals surface area (Å²) >= 11 is 0. The molecule has 0 radical (unpaired) electrons. The molecule has 0 saturated heterocycles. The summed E-state index contributed by atoms with van der Waals surface area (Å²) in [6.07, 6.45) is 0. The summed E-state index contributed by atoms with van der Waals surface area (Å²) in [5.74, 6) is -0.0240. The second kappa shape index (κ2) is 10.8. The molecule has 0 aromatic heterocycles. The van der Waals surface area contributed by atoms with Gasteiger partial charge in [-0.15, -0.1) is 0 Å². The molecule has 0 fully saturated rings. The largest absolute Gasteiger partial charge is 0.377 e. The van der Waals surface area contributed by atoms with Crippen molar-refractivity contribution < 1.29 is 9.59 Å². The highest BCUT2D eigenvalue weighted by molar-refractivity contribution is 5.90. The SMILES string of the molecule is CC(C)NC(=O)Nc1ccc(N(C)C)c(CN(C(=O)C(C)C)C(C)c2ccccc2)c1. The average Bonchev–Trinajstić information content (AvgIpc) is 2.70. The van der Waals surface area contributed by atoms with E-state index < -0.39 is 0 Å². The molecule has 0 aliphatic carbocycles. The van der Waals surface area contributed by atoms with Gasteiger partial charge in [0.25, 0.3) is 0 Å². The van der Waals surface area contributed by atoms with Crippen molar-refractivity contribution in [1.29, 1.82) is 0 Å². The Morgan fingerprint density at radius 1 is 0.935 bits per heavy atom. The van der Waals surface area contributed by atoms with Gasteiger partial charge in [0.2, 0.25) is 5.91 Å². The van der Waals surface area contributed by atoms with E-state index in [1.807, 2.05) is 100 Å². The first-order chi connectivity index (χ1) is 14.6. The third-order valence-electron chi connectivity index (χ3n) is 5.11. The lowest BCUT2D eigenvalue weighted by atomic mass is 10.0. The zero-order valence-corrected chi connectivity index (χ0v) is 19.8. The lowest BCUT2D eigenvalue weighted by molar-refractivity contribution is -0.137. The summed E-state index contributed by atoms with van der Waals surface area (Å²) in [6.45, 7) is 10.2. The van der Waals surface area contributed by atoms with Crippen molar-refractivity contribution in [3.8, 4) is 0 Å². The van der Waals surface area contributed by atoms with Crippen molar-refractivity contribution >= 4 is 23.3 Å². The number of carbonyl (C=O) groups excluding carboxylic acids is 2. The molecule has 2 rings (SSSR count). The number of hydrogen-bond acceptors (Lipinski definition) is 3. The average molecular weight is 425 g/mol. The summed E-state index contributed by atoms with van der Waals surface area (Å²) in [5, 5.41) is 5.73. The zero-order valence-electron chi connectivity index (χ0n) is 19.8. The van der Waals surface area contributed by atoms with Gasteiger partial charge in [0.1, 0.15) is 0 Å². The van der Waals surface area contributed by atoms with Gasteiger partial charge in [0.05, 0.1) is 6.04 Å². The van der Waals surface area contributed by atoms with Gasteiger partial charge in [-0.05, 0) is 50.1 Å². The maximum absolute atomic E-state index is 13.2. The minimum Gasteiger partial charge on any atom is -0.377 e. The highest BCUT2D eigenvalue weighted by atomic mass is 16.2. The van der Waals surface area contributed by atoms with Crippen LogP contribution in [0.1, 0.15) is 51.8 Å². The van der Waals surface area contributed by atoms with E-state index in [-0.39, 0.29) is 29.9 Å². The van der Waals surface area contributed by atoms with Gasteiger partial charge >= 0.3 is 6.03 Å². The Kier molecular flexibility index (Phi) is 8.48. The number of hydrogen-bond donors (Lipinski definition) is 2. The normalized spacial score (nSPS) is 11.9. The first kappa shape index (κ1) is 24.3. The van der Waals surface area contributed by atoms with Crippen LogP contribution in [-0.4, -0.2) is 37.0 Å². The number of rotatable bonds is 8. The lowest BCUT2D eigenvalue weighted by Crippen LogP contribution is -2.36. The molecular weight excluding hydrogens is 388 g/mol. The minimum absolute atomic E-state index is 0.0476. The third-order valence-corrected chi connectivity index (χ3v) is 5.11. The van der Waals surface area contributed by atoms with E-state index in [1.54, 1.807) is 0 Å². The molecule has 1 unspecified atom stereocenters. The molecule has 0 saturated carbocycles. The highest BCUT2D eigenvalue weighted by Gasteiger charge is 2.25. The molecule has 31 heavy (non-hydrogen) atoms. The fraction of sp³-hybridized carbons (Fsp3) is 0.440. The second-order valence-electron chi connectivity index (χ2n) is 8.70. The quantitative estimate of drug-likeness (QED) is 0.625. The highest BCUT2D eigenvalue weighted by Crippen LogP contribution is 2.29. The van der Waals surface area contributed by atoms with Crippen molar-refractivity contribution in [3.63, 3.8) is 0 Å². The van der Waals surface area contributed by atoms with Crippen LogP contribution in [0, 0.1) is 5.92 Å². The Morgan fingerprint density at radius 3 is 2.13 bits per heavy atom. The first-order valence-electron chi connectivity index (χ1n) is 10.8. The molecule has 0 aliphatic rings. The number of carbonyl (C=O) groups is 2. The van der Waals surface area contributed by atoms with E-state index in [9.17, 15) is 9.59 Å². The molecule has 1 atom stereocenters. The van der Waals surface area contributed by atoms with Crippen LogP contribution in [0.2, 0.25) is 0 Å². The van der Waals surface area contributed by atoms with Gasteiger partial charge in [-0.25, -0.2) is 4.79 Å². The number of nitrogens with zero attached hydrogens (tertiary/aromatic N) is 2. The molecule has 0 spiro atoms. The molecule has 0 heterocycles. The van der Waals surface area contributed by atoms with Gasteiger partial charge in [-0.3, -0.25) is 4.79 Å². The number of amides is 3. The van der Waals surface area contributed by atoms with Crippen LogP contribution in [0.3, 0.4) is 0 Å². The molecule has 2 aromatic rings. The molecule has 0 aliphatic heterocycles. The van der Waals surface area contributed by atoms with Crippen molar-refractivity contribution in [1.82, 2.24) is 10.2 Å². The van der Waals surface area contributed by atoms with Crippen LogP contribution >= 0.6 is 0 Å². The first-order valence-corrected chi connectivity index (χ1v) is 10.8. The van der Waals surface area contributed by atoms with E-state index in [1.165, 1.54) is 0 Å². The Balaban J connectivity index is 2.40. The second-order valence-corrected chi connectivity index (χ2v) is 8.70. The number of anilines is 2. The Labute approximate surface area is 186 Å². The molecule has 168 valence electrons. The van der Waals surface area contributed by atoms with Crippen LogP contribution in [-0.2, 0) is 11.3 Å². The van der Waals surface area contributed by atoms with Crippen LogP contribution in [0.4, 0.5) is 16.2 Å². The summed E-state index contributed by atoms with van der Waals surface area (Å²) < 4.78 is 0. The molecular formula is C25H36N4O2. The number of nitrogens with one attached hydrogen (secondary N) is 2. The van der Waals surface area contributed by atoms with E-state index in [2.05, 4.69) is 17.6 Å². The summed E-state index contributed by atoms with van der Waals surface area (Å²) in [6, 6.07) is 15.6. The van der Waals surface area contributed by atoms with Crippen LogP contribution < -0.4 is 15.5 Å². The van der Waals surface area contributed by atoms with Crippen molar-refractivity contribution in [3.05, 3.63) is 59.7 Å². The molecule has 6 heteroatoms. The number of benzene rings is 2. The maximum Gasteiger partial charge on any atom is 0.319 e. The summed E-state index contributed by atoms with van der Waals surface area (Å²) in [4.78, 5) is 29.3. The van der Waals surface area contributed by atoms with Gasteiger partial charge in [0, 0.05) is 44.0 Å². The van der Waals surface area contributed by atoms with Crippen LogP contribution in [0.15, 0.2) is 48.5 Å². The van der Waals surface area contributed by atoms with Gasteiger partial charge in [-0.2, -0.15) is 0 Å².